The number of benzene rings is 3. The quantitative estimate of drug-likeness (QED) is 0.285. The maximum Gasteiger partial charge on any atom is 0.274 e. The fourth-order valence-corrected chi connectivity index (χ4v) is 5.08. The molecule has 0 saturated carbocycles. The molecule has 8 nitrogen and oxygen atoms in total. The molecule has 0 aliphatic carbocycles. The third-order valence-corrected chi connectivity index (χ3v) is 7.20. The Balaban J connectivity index is 1.33. The lowest BCUT2D eigenvalue weighted by atomic mass is 9.89. The summed E-state index contributed by atoms with van der Waals surface area (Å²) in [7, 11) is 1.61. The first-order chi connectivity index (χ1) is 17.7. The first-order valence-corrected chi connectivity index (χ1v) is 12.8. The Morgan fingerprint density at radius 1 is 1.08 bits per heavy atom. The molecule has 1 aliphatic heterocycles. The van der Waals surface area contributed by atoms with Crippen LogP contribution in [-0.4, -0.2) is 41.8 Å². The summed E-state index contributed by atoms with van der Waals surface area (Å²) in [5.41, 5.74) is 3.48. The SMILES string of the molecule is COc1ccc(CC(=O)Nc2ccc(C3CCN(C(=O)c4cc(Br)cc([N+](=O)[O-])c4C)CC3)cc2)cc1. The zero-order chi connectivity index (χ0) is 26.5. The second-order valence-electron chi connectivity index (χ2n) is 9.12. The number of nitrogens with zero attached hydrogens (tertiary/aromatic N) is 2. The number of anilines is 1. The highest BCUT2D eigenvalue weighted by Gasteiger charge is 2.28. The molecule has 0 spiro atoms. The second kappa shape index (κ2) is 11.6. The van der Waals surface area contributed by atoms with Crippen molar-refractivity contribution in [3.8, 4) is 5.75 Å². The van der Waals surface area contributed by atoms with Crippen molar-refractivity contribution in [2.45, 2.75) is 32.1 Å². The van der Waals surface area contributed by atoms with Gasteiger partial charge in [0, 0.05) is 34.9 Å². The van der Waals surface area contributed by atoms with Crippen molar-refractivity contribution in [1.29, 1.82) is 0 Å². The van der Waals surface area contributed by atoms with Gasteiger partial charge in [-0.2, -0.15) is 0 Å². The van der Waals surface area contributed by atoms with Crippen molar-refractivity contribution in [2.75, 3.05) is 25.5 Å². The van der Waals surface area contributed by atoms with Crippen LogP contribution in [0.3, 0.4) is 0 Å². The van der Waals surface area contributed by atoms with E-state index in [1.165, 1.54) is 6.07 Å². The number of likely N-dealkylation sites (tertiary alicyclic amines) is 1. The molecular formula is C28H28BrN3O5. The minimum atomic E-state index is -0.464. The molecule has 1 saturated heterocycles. The zero-order valence-corrected chi connectivity index (χ0v) is 22.3. The summed E-state index contributed by atoms with van der Waals surface area (Å²) in [6.45, 7) is 2.76. The van der Waals surface area contributed by atoms with Crippen LogP contribution in [0, 0.1) is 17.0 Å². The van der Waals surface area contributed by atoms with Gasteiger partial charge in [-0.1, -0.05) is 40.2 Å². The highest BCUT2D eigenvalue weighted by molar-refractivity contribution is 9.10. The summed E-state index contributed by atoms with van der Waals surface area (Å²) in [4.78, 5) is 38.2. The molecule has 0 radical (unpaired) electrons. The molecule has 2 amide bonds. The fourth-order valence-electron chi connectivity index (χ4n) is 4.64. The van der Waals surface area contributed by atoms with Crippen molar-refractivity contribution in [1.82, 2.24) is 4.90 Å². The number of ether oxygens (including phenoxy) is 1. The number of halogens is 1. The minimum absolute atomic E-state index is 0.0659. The standard InChI is InChI=1S/C28H28BrN3O5/c1-18-25(16-22(29)17-26(18)32(35)36)28(34)31-13-11-21(12-14-31)20-5-7-23(8-6-20)30-27(33)15-19-3-9-24(37-2)10-4-19/h3-10,16-17,21H,11-15H2,1-2H3,(H,30,33). The molecule has 3 aromatic rings. The number of piperidine rings is 1. The van der Waals surface area contributed by atoms with E-state index in [2.05, 4.69) is 21.2 Å². The van der Waals surface area contributed by atoms with Crippen LogP contribution in [0.25, 0.3) is 0 Å². The van der Waals surface area contributed by atoms with E-state index in [9.17, 15) is 19.7 Å². The van der Waals surface area contributed by atoms with Crippen LogP contribution in [0.1, 0.15) is 45.8 Å². The van der Waals surface area contributed by atoms with Crippen molar-refractivity contribution in [3.63, 3.8) is 0 Å². The molecule has 192 valence electrons. The largest absolute Gasteiger partial charge is 0.497 e. The normalized spacial score (nSPS) is 13.8. The predicted octanol–water partition coefficient (Wildman–Crippen LogP) is 5.88. The van der Waals surface area contributed by atoms with Crippen LogP contribution < -0.4 is 10.1 Å². The van der Waals surface area contributed by atoms with Crippen LogP contribution in [-0.2, 0) is 11.2 Å². The summed E-state index contributed by atoms with van der Waals surface area (Å²) < 4.78 is 5.66. The number of nitrogens with one attached hydrogen (secondary N) is 1. The van der Waals surface area contributed by atoms with Gasteiger partial charge < -0.3 is 15.0 Å². The summed E-state index contributed by atoms with van der Waals surface area (Å²) in [6, 6.07) is 18.3. The van der Waals surface area contributed by atoms with E-state index >= 15 is 0 Å². The lowest BCUT2D eigenvalue weighted by molar-refractivity contribution is -0.385. The zero-order valence-electron chi connectivity index (χ0n) is 20.7. The van der Waals surface area contributed by atoms with Gasteiger partial charge in [0.1, 0.15) is 5.75 Å². The summed E-state index contributed by atoms with van der Waals surface area (Å²) in [6.07, 6.45) is 1.87. The van der Waals surface area contributed by atoms with E-state index in [1.54, 1.807) is 25.0 Å². The van der Waals surface area contributed by atoms with Gasteiger partial charge >= 0.3 is 0 Å². The molecule has 1 aliphatic rings. The van der Waals surface area contributed by atoms with Gasteiger partial charge in [0.2, 0.25) is 5.91 Å². The van der Waals surface area contributed by atoms with Crippen LogP contribution in [0.5, 0.6) is 5.75 Å². The van der Waals surface area contributed by atoms with E-state index in [1.807, 2.05) is 48.5 Å². The van der Waals surface area contributed by atoms with Gasteiger partial charge in [-0.15, -0.1) is 0 Å². The smallest absolute Gasteiger partial charge is 0.274 e. The topological polar surface area (TPSA) is 102 Å². The predicted molar refractivity (Wildman–Crippen MR) is 145 cm³/mol. The Labute approximate surface area is 223 Å². The average Bonchev–Trinajstić information content (AvgIpc) is 2.90. The molecule has 0 atom stereocenters. The molecule has 1 heterocycles. The lowest BCUT2D eigenvalue weighted by Crippen LogP contribution is -2.38. The van der Waals surface area contributed by atoms with Crippen LogP contribution in [0.2, 0.25) is 0 Å². The van der Waals surface area contributed by atoms with Gasteiger partial charge in [-0.25, -0.2) is 0 Å². The fraction of sp³-hybridized carbons (Fsp3) is 0.286. The Morgan fingerprint density at radius 2 is 1.73 bits per heavy atom. The number of nitro groups is 1. The first kappa shape index (κ1) is 26.3. The van der Waals surface area contributed by atoms with Crippen molar-refractivity contribution in [2.24, 2.45) is 0 Å². The molecule has 1 fully saturated rings. The highest BCUT2D eigenvalue weighted by Crippen LogP contribution is 2.32. The molecule has 0 bridgehead atoms. The maximum absolute atomic E-state index is 13.1. The molecule has 0 unspecified atom stereocenters. The summed E-state index contributed by atoms with van der Waals surface area (Å²) >= 11 is 3.28. The van der Waals surface area contributed by atoms with E-state index in [-0.39, 0.29) is 23.9 Å². The Bertz CT molecular complexity index is 1300. The lowest BCUT2D eigenvalue weighted by Gasteiger charge is -2.32. The molecule has 9 heteroatoms. The summed E-state index contributed by atoms with van der Waals surface area (Å²) in [5, 5.41) is 14.3. The van der Waals surface area contributed by atoms with Gasteiger partial charge in [0.15, 0.2) is 0 Å². The van der Waals surface area contributed by atoms with Gasteiger partial charge in [-0.3, -0.25) is 19.7 Å². The van der Waals surface area contributed by atoms with E-state index in [0.717, 1.165) is 35.4 Å². The number of hydrogen-bond donors (Lipinski definition) is 1. The Morgan fingerprint density at radius 3 is 2.32 bits per heavy atom. The van der Waals surface area contributed by atoms with Gasteiger partial charge in [-0.05, 0) is 67.1 Å². The van der Waals surface area contributed by atoms with Crippen molar-refractivity contribution < 1.29 is 19.2 Å². The molecule has 37 heavy (non-hydrogen) atoms. The maximum atomic E-state index is 13.1. The Hall–Kier alpha value is -3.72. The first-order valence-electron chi connectivity index (χ1n) is 12.0. The highest BCUT2D eigenvalue weighted by atomic mass is 79.9. The third kappa shape index (κ3) is 6.35. The van der Waals surface area contributed by atoms with E-state index in [0.29, 0.717) is 34.6 Å². The Kier molecular flexibility index (Phi) is 8.23. The molecule has 4 rings (SSSR count). The molecule has 3 aromatic carbocycles. The van der Waals surface area contributed by atoms with Crippen molar-refractivity contribution in [3.05, 3.63) is 97.5 Å². The van der Waals surface area contributed by atoms with E-state index < -0.39 is 4.92 Å². The third-order valence-electron chi connectivity index (χ3n) is 6.74. The number of methoxy groups -OCH3 is 1. The number of hydrogen-bond acceptors (Lipinski definition) is 5. The number of nitro benzene ring substituents is 1. The number of carbonyl (C=O) groups excluding carboxylic acids is 2. The summed E-state index contributed by atoms with van der Waals surface area (Å²) in [5.74, 6) is 0.774. The van der Waals surface area contributed by atoms with Crippen molar-refractivity contribution >= 4 is 39.1 Å². The van der Waals surface area contributed by atoms with Gasteiger partial charge in [0.25, 0.3) is 11.6 Å². The number of amides is 2. The van der Waals surface area contributed by atoms with Gasteiger partial charge in [0.05, 0.1) is 24.0 Å². The second-order valence-corrected chi connectivity index (χ2v) is 10.0. The molecular weight excluding hydrogens is 538 g/mol. The van der Waals surface area contributed by atoms with Crippen LogP contribution in [0.4, 0.5) is 11.4 Å². The molecule has 1 N–H and O–H groups in total. The monoisotopic (exact) mass is 565 g/mol. The van der Waals surface area contributed by atoms with Crippen LogP contribution >= 0.6 is 15.9 Å². The van der Waals surface area contributed by atoms with Crippen LogP contribution in [0.15, 0.2) is 65.1 Å². The molecule has 0 aromatic heterocycles. The number of rotatable bonds is 7. The minimum Gasteiger partial charge on any atom is -0.497 e. The van der Waals surface area contributed by atoms with E-state index in [4.69, 9.17) is 4.74 Å². The number of carbonyl (C=O) groups is 2. The average molecular weight is 566 g/mol.